The van der Waals surface area contributed by atoms with Gasteiger partial charge in [-0.15, -0.1) is 0 Å². The highest BCUT2D eigenvalue weighted by Gasteiger charge is 2.52. The summed E-state index contributed by atoms with van der Waals surface area (Å²) in [5.41, 5.74) is 1.95. The molecule has 3 N–H and O–H groups in total. The summed E-state index contributed by atoms with van der Waals surface area (Å²) in [5.74, 6) is 3.10. The third-order valence-electron chi connectivity index (χ3n) is 8.52. The van der Waals surface area contributed by atoms with Gasteiger partial charge in [0.25, 0.3) is 5.91 Å². The maximum atomic E-state index is 12.7. The molecule has 0 saturated heterocycles. The molecule has 5 nitrogen and oxygen atoms in total. The van der Waals surface area contributed by atoms with Gasteiger partial charge in [0.15, 0.2) is 0 Å². The summed E-state index contributed by atoms with van der Waals surface area (Å²) in [7, 11) is 0. The summed E-state index contributed by atoms with van der Waals surface area (Å²) in [4.78, 5) is 12.7. The van der Waals surface area contributed by atoms with Crippen molar-refractivity contribution in [1.82, 2.24) is 10.6 Å². The molecule has 5 heteroatoms. The van der Waals surface area contributed by atoms with Crippen molar-refractivity contribution in [2.45, 2.75) is 64.1 Å². The molecule has 0 radical (unpaired) electrons. The van der Waals surface area contributed by atoms with Crippen LogP contribution in [-0.4, -0.2) is 36.3 Å². The van der Waals surface area contributed by atoms with Crippen molar-refractivity contribution in [3.63, 3.8) is 0 Å². The van der Waals surface area contributed by atoms with Crippen LogP contribution in [0, 0.1) is 23.2 Å². The van der Waals surface area contributed by atoms with E-state index in [1.165, 1.54) is 38.5 Å². The number of nitrogens with one attached hydrogen (secondary N) is 2. The first-order valence-corrected chi connectivity index (χ1v) is 13.0. The molecule has 4 aliphatic rings. The lowest BCUT2D eigenvalue weighted by atomic mass is 9.48. The topological polar surface area (TPSA) is 70.6 Å². The van der Waals surface area contributed by atoms with Crippen LogP contribution in [0.2, 0.25) is 0 Å². The molecule has 2 atom stereocenters. The molecule has 2 aromatic carbocycles. The van der Waals surface area contributed by atoms with Gasteiger partial charge in [-0.3, -0.25) is 4.79 Å². The minimum atomic E-state index is -0.628. The molecule has 34 heavy (non-hydrogen) atoms. The smallest absolute Gasteiger partial charge is 0.255 e. The highest BCUT2D eigenvalue weighted by atomic mass is 16.5. The van der Waals surface area contributed by atoms with E-state index in [1.54, 1.807) is 12.1 Å². The van der Waals surface area contributed by atoms with Crippen LogP contribution in [0.5, 0.6) is 5.75 Å². The number of para-hydroxylation sites is 1. The lowest BCUT2D eigenvalue weighted by molar-refractivity contribution is -0.0719. The minimum Gasteiger partial charge on any atom is -0.490 e. The molecule has 1 amide bonds. The van der Waals surface area contributed by atoms with E-state index in [0.29, 0.717) is 35.9 Å². The average molecular weight is 463 g/mol. The Morgan fingerprint density at radius 1 is 1.00 bits per heavy atom. The monoisotopic (exact) mass is 462 g/mol. The van der Waals surface area contributed by atoms with Crippen molar-refractivity contribution in [2.24, 2.45) is 23.2 Å². The van der Waals surface area contributed by atoms with Crippen LogP contribution in [0.3, 0.4) is 0 Å². The zero-order valence-corrected chi connectivity index (χ0v) is 20.2. The first-order valence-electron chi connectivity index (χ1n) is 13.0. The summed E-state index contributed by atoms with van der Waals surface area (Å²) in [6.07, 6.45) is 7.76. The van der Waals surface area contributed by atoms with Gasteiger partial charge in [0.1, 0.15) is 18.5 Å². The van der Waals surface area contributed by atoms with Crippen LogP contribution in [0.1, 0.15) is 61.4 Å². The quantitative estimate of drug-likeness (QED) is 0.484. The van der Waals surface area contributed by atoms with E-state index < -0.39 is 6.10 Å². The number of carbonyl (C=O) groups excluding carboxylic acids is 1. The summed E-state index contributed by atoms with van der Waals surface area (Å²) < 4.78 is 5.90. The number of hydrogen-bond donors (Lipinski definition) is 3. The van der Waals surface area contributed by atoms with Gasteiger partial charge in [0.05, 0.1) is 5.56 Å². The average Bonchev–Trinajstić information content (AvgIpc) is 2.84. The van der Waals surface area contributed by atoms with Crippen LogP contribution in [0.25, 0.3) is 0 Å². The molecular weight excluding hydrogens is 424 g/mol. The molecule has 4 saturated carbocycles. The Kier molecular flexibility index (Phi) is 6.94. The Balaban J connectivity index is 1.11. The van der Waals surface area contributed by atoms with E-state index in [4.69, 9.17) is 4.74 Å². The molecule has 0 aliphatic heterocycles. The molecule has 0 aromatic heterocycles. The molecule has 4 bridgehead atoms. The Morgan fingerprint density at radius 2 is 1.62 bits per heavy atom. The second kappa shape index (κ2) is 10.1. The molecule has 2 aromatic rings. The molecular formula is C29H38N2O3. The third kappa shape index (κ3) is 5.16. The van der Waals surface area contributed by atoms with Crippen molar-refractivity contribution in [3.05, 3.63) is 65.7 Å². The summed E-state index contributed by atoms with van der Waals surface area (Å²) in [6.45, 7) is 3.44. The summed E-state index contributed by atoms with van der Waals surface area (Å²) in [5, 5.41) is 17.2. The molecule has 4 aliphatic carbocycles. The van der Waals surface area contributed by atoms with Crippen molar-refractivity contribution >= 4 is 5.91 Å². The van der Waals surface area contributed by atoms with Gasteiger partial charge in [-0.25, -0.2) is 0 Å². The van der Waals surface area contributed by atoms with E-state index in [0.717, 1.165) is 23.3 Å². The zero-order valence-electron chi connectivity index (χ0n) is 20.2. The Bertz CT molecular complexity index is 941. The van der Waals surface area contributed by atoms with Gasteiger partial charge in [0.2, 0.25) is 0 Å². The van der Waals surface area contributed by atoms with E-state index in [-0.39, 0.29) is 12.5 Å². The number of ether oxygens (including phenoxy) is 1. The van der Waals surface area contributed by atoms with Crippen LogP contribution in [0.15, 0.2) is 54.6 Å². The third-order valence-corrected chi connectivity index (χ3v) is 8.52. The number of aliphatic hydroxyl groups is 1. The molecule has 182 valence electrons. The standard InChI is InChI=1S/C29H38N2O3/c1-20(29-14-22-11-23(15-29)13-24(12-22)16-29)30-18-25(32)19-34-27-10-6-5-9-26(27)28(33)31-17-21-7-3-2-4-8-21/h2-10,20,22-25,30,32H,11-19H2,1H3,(H,31,33). The number of aliphatic hydroxyl groups excluding tert-OH is 1. The predicted molar refractivity (Wildman–Crippen MR) is 134 cm³/mol. The van der Waals surface area contributed by atoms with E-state index in [9.17, 15) is 9.90 Å². The second-order valence-electron chi connectivity index (χ2n) is 11.0. The van der Waals surface area contributed by atoms with Crippen molar-refractivity contribution < 1.29 is 14.6 Å². The van der Waals surface area contributed by atoms with E-state index in [2.05, 4.69) is 17.6 Å². The fourth-order valence-electron chi connectivity index (χ4n) is 7.14. The fourth-order valence-corrected chi connectivity index (χ4v) is 7.14. The van der Waals surface area contributed by atoms with Crippen molar-refractivity contribution in [1.29, 1.82) is 0 Å². The Labute approximate surface area is 203 Å². The van der Waals surface area contributed by atoms with Gasteiger partial charge in [0, 0.05) is 19.1 Å². The number of rotatable bonds is 10. The first kappa shape index (κ1) is 23.4. The highest BCUT2D eigenvalue weighted by Crippen LogP contribution is 2.61. The summed E-state index contributed by atoms with van der Waals surface area (Å²) >= 11 is 0. The number of amides is 1. The number of hydrogen-bond acceptors (Lipinski definition) is 4. The predicted octanol–water partition coefficient (Wildman–Crippen LogP) is 4.55. The van der Waals surface area contributed by atoms with Crippen molar-refractivity contribution in [3.8, 4) is 5.75 Å². The minimum absolute atomic E-state index is 0.156. The second-order valence-corrected chi connectivity index (χ2v) is 11.0. The number of benzene rings is 2. The van der Waals surface area contributed by atoms with Crippen LogP contribution < -0.4 is 15.4 Å². The molecule has 4 fully saturated rings. The Hall–Kier alpha value is -2.37. The lowest BCUT2D eigenvalue weighted by Crippen LogP contribution is -2.55. The highest BCUT2D eigenvalue weighted by molar-refractivity contribution is 5.96. The Morgan fingerprint density at radius 3 is 2.29 bits per heavy atom. The molecule has 2 unspecified atom stereocenters. The zero-order chi connectivity index (χ0) is 23.5. The summed E-state index contributed by atoms with van der Waals surface area (Å²) in [6, 6.07) is 17.5. The molecule has 6 rings (SSSR count). The normalized spacial score (nSPS) is 28.9. The van der Waals surface area contributed by atoms with Crippen LogP contribution >= 0.6 is 0 Å². The first-order chi connectivity index (χ1) is 16.5. The van der Waals surface area contributed by atoms with E-state index >= 15 is 0 Å². The van der Waals surface area contributed by atoms with Crippen LogP contribution in [-0.2, 0) is 6.54 Å². The van der Waals surface area contributed by atoms with Gasteiger partial charge in [-0.2, -0.15) is 0 Å². The van der Waals surface area contributed by atoms with Crippen LogP contribution in [0.4, 0.5) is 0 Å². The lowest BCUT2D eigenvalue weighted by Gasteiger charge is -2.59. The number of carbonyl (C=O) groups is 1. The largest absolute Gasteiger partial charge is 0.490 e. The SMILES string of the molecule is CC(NCC(O)COc1ccccc1C(=O)NCc1ccccc1)C12CC3CC(CC(C3)C1)C2. The van der Waals surface area contributed by atoms with E-state index in [1.807, 2.05) is 42.5 Å². The molecule has 0 spiro atoms. The maximum Gasteiger partial charge on any atom is 0.255 e. The van der Waals surface area contributed by atoms with Crippen molar-refractivity contribution in [2.75, 3.05) is 13.2 Å². The molecule has 0 heterocycles. The van der Waals surface area contributed by atoms with Gasteiger partial charge < -0.3 is 20.5 Å². The van der Waals surface area contributed by atoms with Gasteiger partial charge in [-0.05, 0) is 86.3 Å². The maximum absolute atomic E-state index is 12.7. The van der Waals surface area contributed by atoms with Gasteiger partial charge >= 0.3 is 0 Å². The fraction of sp³-hybridized carbons (Fsp3) is 0.552. The van der Waals surface area contributed by atoms with Gasteiger partial charge in [-0.1, -0.05) is 42.5 Å².